The molecule has 0 bridgehead atoms. The molecule has 2 N–H and O–H groups in total. The number of carboxylic acids is 1. The summed E-state index contributed by atoms with van der Waals surface area (Å²) in [6, 6.07) is 5.21. The van der Waals surface area contributed by atoms with Gasteiger partial charge in [0, 0.05) is 7.05 Å². The van der Waals surface area contributed by atoms with Crippen molar-refractivity contribution in [1.29, 1.82) is 0 Å². The van der Waals surface area contributed by atoms with Gasteiger partial charge in [0.25, 0.3) is 0 Å². The van der Waals surface area contributed by atoms with Crippen LogP contribution in [0.2, 0.25) is 0 Å². The van der Waals surface area contributed by atoms with E-state index in [9.17, 15) is 4.79 Å². The normalized spacial score (nSPS) is 21.7. The number of carboxylic acid groups (broad SMARTS) is 1. The van der Waals surface area contributed by atoms with Gasteiger partial charge >= 0.3 is 5.97 Å². The van der Waals surface area contributed by atoms with Crippen molar-refractivity contribution < 1.29 is 14.6 Å². The zero-order valence-corrected chi connectivity index (χ0v) is 11.5. The van der Waals surface area contributed by atoms with Gasteiger partial charge in [-0.1, -0.05) is 0 Å². The van der Waals surface area contributed by atoms with Crippen LogP contribution in [0.1, 0.15) is 23.7 Å². The van der Waals surface area contributed by atoms with Gasteiger partial charge < -0.3 is 20.1 Å². The molecule has 0 spiro atoms. The molecule has 0 fully saturated rings. The van der Waals surface area contributed by atoms with Gasteiger partial charge in [0.1, 0.15) is 11.9 Å². The van der Waals surface area contributed by atoms with Crippen LogP contribution in [-0.4, -0.2) is 43.9 Å². The van der Waals surface area contributed by atoms with Crippen molar-refractivity contribution in [2.24, 2.45) is 0 Å². The zero-order chi connectivity index (χ0) is 14.0. The van der Waals surface area contributed by atoms with Gasteiger partial charge in [0.05, 0.1) is 17.3 Å². The Labute approximate surface area is 113 Å². The summed E-state index contributed by atoms with van der Waals surface area (Å²) < 4.78 is 5.98. The number of ether oxygens (including phenoxy) is 1. The van der Waals surface area contributed by atoms with Crippen molar-refractivity contribution in [3.63, 3.8) is 0 Å². The van der Waals surface area contributed by atoms with Crippen molar-refractivity contribution in [3.05, 3.63) is 23.8 Å². The van der Waals surface area contributed by atoms with Crippen LogP contribution in [0.5, 0.6) is 5.75 Å². The number of aromatic carboxylic acids is 1. The summed E-state index contributed by atoms with van der Waals surface area (Å²) in [5.74, 6) is -0.159. The second kappa shape index (κ2) is 5.48. The highest BCUT2D eigenvalue weighted by Gasteiger charge is 2.30. The lowest BCUT2D eigenvalue weighted by molar-refractivity contribution is 0.0696. The molecule has 1 heterocycles. The minimum absolute atomic E-state index is 0.112. The smallest absolute Gasteiger partial charge is 0.335 e. The number of fused-ring (bicyclic) bond motifs is 1. The predicted molar refractivity (Wildman–Crippen MR) is 74.2 cm³/mol. The van der Waals surface area contributed by atoms with E-state index in [1.807, 2.05) is 14.1 Å². The van der Waals surface area contributed by atoms with Crippen LogP contribution in [0.4, 0.5) is 5.69 Å². The number of nitrogens with one attached hydrogen (secondary N) is 1. The molecule has 0 saturated carbocycles. The third-order valence-electron chi connectivity index (χ3n) is 3.69. The quantitative estimate of drug-likeness (QED) is 0.864. The molecule has 5 nitrogen and oxygen atoms in total. The van der Waals surface area contributed by atoms with Gasteiger partial charge in [-0.3, -0.25) is 0 Å². The SMILES string of the molecule is CNCCC1Oc2ccc(C(=O)O)cc2N(C)C1C. The molecule has 1 aliphatic rings. The summed E-state index contributed by atoms with van der Waals surface area (Å²) in [7, 11) is 3.90. The molecule has 1 aromatic carbocycles. The number of benzene rings is 1. The first-order valence-electron chi connectivity index (χ1n) is 6.46. The minimum atomic E-state index is -0.916. The van der Waals surface area contributed by atoms with Gasteiger partial charge in [-0.15, -0.1) is 0 Å². The van der Waals surface area contributed by atoms with Gasteiger partial charge in [-0.25, -0.2) is 4.79 Å². The van der Waals surface area contributed by atoms with Crippen LogP contribution >= 0.6 is 0 Å². The molecule has 2 unspecified atom stereocenters. The van der Waals surface area contributed by atoms with Crippen molar-refractivity contribution >= 4 is 11.7 Å². The van der Waals surface area contributed by atoms with Crippen molar-refractivity contribution in [2.45, 2.75) is 25.5 Å². The number of hydrogen-bond acceptors (Lipinski definition) is 4. The number of rotatable bonds is 4. The van der Waals surface area contributed by atoms with Gasteiger partial charge in [0.15, 0.2) is 0 Å². The molecule has 19 heavy (non-hydrogen) atoms. The van der Waals surface area contributed by atoms with Crippen LogP contribution in [0.3, 0.4) is 0 Å². The Morgan fingerprint density at radius 3 is 2.89 bits per heavy atom. The van der Waals surface area contributed by atoms with E-state index in [0.29, 0.717) is 0 Å². The standard InChI is InChI=1S/C14H20N2O3/c1-9-12(6-7-15-2)19-13-5-4-10(14(17)18)8-11(13)16(9)3/h4-5,8-9,12,15H,6-7H2,1-3H3,(H,17,18). The van der Waals surface area contributed by atoms with Crippen molar-refractivity contribution in [3.8, 4) is 5.75 Å². The van der Waals surface area contributed by atoms with Gasteiger partial charge in [0.2, 0.25) is 0 Å². The molecule has 0 saturated heterocycles. The largest absolute Gasteiger partial charge is 0.486 e. The fraction of sp³-hybridized carbons (Fsp3) is 0.500. The van der Waals surface area contributed by atoms with E-state index in [-0.39, 0.29) is 17.7 Å². The molecular formula is C14H20N2O3. The molecule has 5 heteroatoms. The maximum Gasteiger partial charge on any atom is 0.335 e. The second-order valence-corrected chi connectivity index (χ2v) is 4.89. The lowest BCUT2D eigenvalue weighted by Crippen LogP contribution is -2.47. The minimum Gasteiger partial charge on any atom is -0.486 e. The molecule has 0 radical (unpaired) electrons. The first-order chi connectivity index (χ1) is 9.04. The summed E-state index contributed by atoms with van der Waals surface area (Å²) in [6.45, 7) is 2.99. The number of likely N-dealkylation sites (N-methyl/N-ethyl adjacent to an activating group) is 1. The van der Waals surface area contributed by atoms with Crippen LogP contribution in [0.15, 0.2) is 18.2 Å². The maximum atomic E-state index is 11.0. The summed E-state index contributed by atoms with van der Waals surface area (Å²) in [4.78, 5) is 13.1. The van der Waals surface area contributed by atoms with E-state index in [2.05, 4.69) is 17.1 Å². The Bertz CT molecular complexity index is 476. The van der Waals surface area contributed by atoms with E-state index >= 15 is 0 Å². The Kier molecular flexibility index (Phi) is 3.95. The first kappa shape index (κ1) is 13.7. The first-order valence-corrected chi connectivity index (χ1v) is 6.46. The van der Waals surface area contributed by atoms with Crippen LogP contribution in [0, 0.1) is 0 Å². The molecule has 1 aromatic rings. The van der Waals surface area contributed by atoms with E-state index in [0.717, 1.165) is 24.4 Å². The molecular weight excluding hydrogens is 244 g/mol. The average molecular weight is 264 g/mol. The Balaban J connectivity index is 2.27. The fourth-order valence-corrected chi connectivity index (χ4v) is 2.34. The summed E-state index contributed by atoms with van der Waals surface area (Å²) in [5.41, 5.74) is 1.13. The average Bonchev–Trinajstić information content (AvgIpc) is 2.40. The molecule has 0 amide bonds. The monoisotopic (exact) mass is 264 g/mol. The van der Waals surface area contributed by atoms with Gasteiger partial charge in [-0.05, 0) is 45.1 Å². The Hall–Kier alpha value is -1.75. The molecule has 0 aliphatic carbocycles. The number of hydrogen-bond donors (Lipinski definition) is 2. The lowest BCUT2D eigenvalue weighted by atomic mass is 10.0. The molecule has 104 valence electrons. The predicted octanol–water partition coefficient (Wildman–Crippen LogP) is 1.58. The molecule has 2 atom stereocenters. The van der Waals surface area contributed by atoms with E-state index in [1.54, 1.807) is 18.2 Å². The lowest BCUT2D eigenvalue weighted by Gasteiger charge is -2.40. The molecule has 0 aromatic heterocycles. The van der Waals surface area contributed by atoms with E-state index < -0.39 is 5.97 Å². The summed E-state index contributed by atoms with van der Waals surface area (Å²) in [6.07, 6.45) is 1.03. The number of anilines is 1. The molecule has 1 aliphatic heterocycles. The summed E-state index contributed by atoms with van der Waals surface area (Å²) in [5, 5.41) is 12.2. The third kappa shape index (κ3) is 2.66. The fourth-order valence-electron chi connectivity index (χ4n) is 2.34. The third-order valence-corrected chi connectivity index (χ3v) is 3.69. The van der Waals surface area contributed by atoms with E-state index in [1.165, 1.54) is 0 Å². The van der Waals surface area contributed by atoms with Crippen LogP contribution in [-0.2, 0) is 0 Å². The van der Waals surface area contributed by atoms with Crippen LogP contribution in [0.25, 0.3) is 0 Å². The highest BCUT2D eigenvalue weighted by atomic mass is 16.5. The maximum absolute atomic E-state index is 11.0. The highest BCUT2D eigenvalue weighted by Crippen LogP contribution is 2.36. The Morgan fingerprint density at radius 2 is 2.26 bits per heavy atom. The van der Waals surface area contributed by atoms with E-state index in [4.69, 9.17) is 9.84 Å². The second-order valence-electron chi connectivity index (χ2n) is 4.89. The van der Waals surface area contributed by atoms with Crippen molar-refractivity contribution in [1.82, 2.24) is 5.32 Å². The topological polar surface area (TPSA) is 61.8 Å². The zero-order valence-electron chi connectivity index (χ0n) is 11.5. The van der Waals surface area contributed by atoms with Crippen LogP contribution < -0.4 is 15.0 Å². The number of nitrogens with zero attached hydrogens (tertiary/aromatic N) is 1. The molecule has 2 rings (SSSR count). The highest BCUT2D eigenvalue weighted by molar-refractivity contribution is 5.89. The van der Waals surface area contributed by atoms with Gasteiger partial charge in [-0.2, -0.15) is 0 Å². The Morgan fingerprint density at radius 1 is 1.53 bits per heavy atom. The summed E-state index contributed by atoms with van der Waals surface area (Å²) >= 11 is 0. The van der Waals surface area contributed by atoms with Crippen molar-refractivity contribution in [2.75, 3.05) is 25.5 Å². The number of carbonyl (C=O) groups is 1.